The third-order valence-corrected chi connectivity index (χ3v) is 8.17. The van der Waals surface area contributed by atoms with Gasteiger partial charge < -0.3 is 10.2 Å². The highest BCUT2D eigenvalue weighted by Crippen LogP contribution is 2.24. The fraction of sp³-hybridized carbons (Fsp3) is 0.500. The monoisotopic (exact) mass is 513 g/mol. The van der Waals surface area contributed by atoms with E-state index < -0.39 is 22.0 Å². The number of para-hydroxylation sites is 1. The molecule has 2 amide bonds. The summed E-state index contributed by atoms with van der Waals surface area (Å²) in [5.41, 5.74) is 3.25. The molecule has 1 aliphatic rings. The topological polar surface area (TPSA) is 86.8 Å². The fourth-order valence-electron chi connectivity index (χ4n) is 4.77. The van der Waals surface area contributed by atoms with E-state index in [1.165, 1.54) is 11.3 Å². The van der Waals surface area contributed by atoms with Crippen molar-refractivity contribution in [2.45, 2.75) is 77.9 Å². The Balaban J connectivity index is 1.90. The van der Waals surface area contributed by atoms with Gasteiger partial charge in [-0.05, 0) is 55.9 Å². The molecule has 36 heavy (non-hydrogen) atoms. The summed E-state index contributed by atoms with van der Waals surface area (Å²) < 4.78 is 26.8. The van der Waals surface area contributed by atoms with Crippen LogP contribution < -0.4 is 9.62 Å². The summed E-state index contributed by atoms with van der Waals surface area (Å²) in [6.07, 6.45) is 6.98. The van der Waals surface area contributed by atoms with E-state index in [1.54, 1.807) is 19.1 Å². The Hall–Kier alpha value is -2.87. The molecule has 196 valence electrons. The average molecular weight is 514 g/mol. The standard InChI is InChI=1S/C28H39N3O4S/c1-5-23-14-11-12-18-26(23)31(36(4,34)35)20-27(32)30(19-24-15-10-9-13-21(24)2)22(3)28(33)29-25-16-7-6-8-17-25/h9-15,18,22,25H,5-8,16-17,19-20H2,1-4H3,(H,29,33). The van der Waals surface area contributed by atoms with Crippen molar-refractivity contribution >= 4 is 27.5 Å². The molecule has 1 unspecified atom stereocenters. The van der Waals surface area contributed by atoms with Crippen molar-refractivity contribution in [3.05, 3.63) is 65.2 Å². The second kappa shape index (κ2) is 12.4. The van der Waals surface area contributed by atoms with Crippen LogP contribution in [0.3, 0.4) is 0 Å². The van der Waals surface area contributed by atoms with Crippen molar-refractivity contribution in [2.24, 2.45) is 0 Å². The maximum atomic E-state index is 13.8. The van der Waals surface area contributed by atoms with Gasteiger partial charge in [0.2, 0.25) is 21.8 Å². The smallest absolute Gasteiger partial charge is 0.244 e. The number of amides is 2. The molecule has 0 aliphatic heterocycles. The average Bonchev–Trinajstić information content (AvgIpc) is 2.86. The molecule has 2 aromatic carbocycles. The zero-order chi connectivity index (χ0) is 26.3. The predicted molar refractivity (Wildman–Crippen MR) is 144 cm³/mol. The van der Waals surface area contributed by atoms with E-state index in [1.807, 2.05) is 50.2 Å². The number of aryl methyl sites for hydroxylation is 2. The number of nitrogens with one attached hydrogen (secondary N) is 1. The van der Waals surface area contributed by atoms with Gasteiger partial charge in [-0.3, -0.25) is 13.9 Å². The van der Waals surface area contributed by atoms with Gasteiger partial charge in [0.1, 0.15) is 12.6 Å². The molecule has 8 heteroatoms. The summed E-state index contributed by atoms with van der Waals surface area (Å²) in [5, 5.41) is 3.12. The van der Waals surface area contributed by atoms with Crippen LogP contribution in [0.4, 0.5) is 5.69 Å². The summed E-state index contributed by atoms with van der Waals surface area (Å²) >= 11 is 0. The maximum Gasteiger partial charge on any atom is 0.244 e. The molecule has 0 aromatic heterocycles. The Morgan fingerprint density at radius 3 is 2.22 bits per heavy atom. The number of carbonyl (C=O) groups is 2. The van der Waals surface area contributed by atoms with E-state index in [-0.39, 0.29) is 25.0 Å². The lowest BCUT2D eigenvalue weighted by atomic mass is 9.95. The highest BCUT2D eigenvalue weighted by atomic mass is 32.2. The number of rotatable bonds is 10. The van der Waals surface area contributed by atoms with E-state index in [0.29, 0.717) is 12.1 Å². The third kappa shape index (κ3) is 7.09. The van der Waals surface area contributed by atoms with Crippen molar-refractivity contribution in [1.29, 1.82) is 0 Å². The fourth-order valence-corrected chi connectivity index (χ4v) is 5.65. The Morgan fingerprint density at radius 1 is 1.00 bits per heavy atom. The molecular weight excluding hydrogens is 474 g/mol. The van der Waals surface area contributed by atoms with Gasteiger partial charge >= 0.3 is 0 Å². The lowest BCUT2D eigenvalue weighted by molar-refractivity contribution is -0.139. The first-order chi connectivity index (χ1) is 17.1. The van der Waals surface area contributed by atoms with Crippen LogP contribution >= 0.6 is 0 Å². The Labute approximate surface area is 215 Å². The van der Waals surface area contributed by atoms with Crippen molar-refractivity contribution in [3.8, 4) is 0 Å². The molecule has 1 atom stereocenters. The number of hydrogen-bond donors (Lipinski definition) is 1. The summed E-state index contributed by atoms with van der Waals surface area (Å²) in [4.78, 5) is 28.5. The first-order valence-corrected chi connectivity index (χ1v) is 14.7. The van der Waals surface area contributed by atoms with Crippen LogP contribution in [-0.4, -0.2) is 50.0 Å². The molecule has 0 heterocycles. The maximum absolute atomic E-state index is 13.8. The molecular formula is C28H39N3O4S. The first kappa shape index (κ1) is 27.7. The summed E-state index contributed by atoms with van der Waals surface area (Å²) in [5.74, 6) is -0.621. The van der Waals surface area contributed by atoms with Gasteiger partial charge in [0.15, 0.2) is 0 Å². The quantitative estimate of drug-likeness (QED) is 0.516. The lowest BCUT2D eigenvalue weighted by Crippen LogP contribution is -2.53. The molecule has 0 radical (unpaired) electrons. The number of sulfonamides is 1. The van der Waals surface area contributed by atoms with Gasteiger partial charge in [-0.2, -0.15) is 0 Å². The van der Waals surface area contributed by atoms with Crippen LogP contribution in [0.2, 0.25) is 0 Å². The van der Waals surface area contributed by atoms with Gasteiger partial charge in [0, 0.05) is 12.6 Å². The molecule has 3 rings (SSSR count). The predicted octanol–water partition coefficient (Wildman–Crippen LogP) is 4.19. The van der Waals surface area contributed by atoms with E-state index >= 15 is 0 Å². The highest BCUT2D eigenvalue weighted by molar-refractivity contribution is 7.92. The zero-order valence-corrected chi connectivity index (χ0v) is 22.7. The SMILES string of the molecule is CCc1ccccc1N(CC(=O)N(Cc1ccccc1C)C(C)C(=O)NC1CCCCC1)S(C)(=O)=O. The molecule has 1 N–H and O–H groups in total. The Morgan fingerprint density at radius 2 is 1.61 bits per heavy atom. The minimum atomic E-state index is -3.74. The number of benzene rings is 2. The van der Waals surface area contributed by atoms with Gasteiger partial charge in [-0.15, -0.1) is 0 Å². The van der Waals surface area contributed by atoms with Crippen LogP contribution in [0.5, 0.6) is 0 Å². The molecule has 1 saturated carbocycles. The largest absolute Gasteiger partial charge is 0.352 e. The van der Waals surface area contributed by atoms with Gasteiger partial charge in [0.05, 0.1) is 11.9 Å². The zero-order valence-electron chi connectivity index (χ0n) is 21.9. The minimum Gasteiger partial charge on any atom is -0.352 e. The van der Waals surface area contributed by atoms with E-state index in [4.69, 9.17) is 0 Å². The molecule has 1 fully saturated rings. The van der Waals surface area contributed by atoms with Gasteiger partial charge in [-0.25, -0.2) is 8.42 Å². The van der Waals surface area contributed by atoms with Gasteiger partial charge in [-0.1, -0.05) is 68.7 Å². The first-order valence-electron chi connectivity index (χ1n) is 12.8. The molecule has 0 bridgehead atoms. The normalized spacial score (nSPS) is 15.2. The highest BCUT2D eigenvalue weighted by Gasteiger charge is 2.31. The second-order valence-electron chi connectivity index (χ2n) is 9.72. The van der Waals surface area contributed by atoms with Crippen molar-refractivity contribution < 1.29 is 18.0 Å². The van der Waals surface area contributed by atoms with Gasteiger partial charge in [0.25, 0.3) is 0 Å². The lowest BCUT2D eigenvalue weighted by Gasteiger charge is -2.33. The van der Waals surface area contributed by atoms with Crippen molar-refractivity contribution in [2.75, 3.05) is 17.1 Å². The third-order valence-electron chi connectivity index (χ3n) is 7.04. The van der Waals surface area contributed by atoms with Crippen LogP contribution in [-0.2, 0) is 32.6 Å². The number of nitrogens with zero attached hydrogens (tertiary/aromatic N) is 2. The minimum absolute atomic E-state index is 0.119. The summed E-state index contributed by atoms with van der Waals surface area (Å²) in [6, 6.07) is 14.3. The molecule has 0 spiro atoms. The van der Waals surface area contributed by atoms with Crippen LogP contribution in [0.25, 0.3) is 0 Å². The molecule has 0 saturated heterocycles. The van der Waals surface area contributed by atoms with Crippen LogP contribution in [0.1, 0.15) is 62.6 Å². The Bertz CT molecular complexity index is 1160. The van der Waals surface area contributed by atoms with Crippen molar-refractivity contribution in [1.82, 2.24) is 10.2 Å². The van der Waals surface area contributed by atoms with Crippen molar-refractivity contribution in [3.63, 3.8) is 0 Å². The van der Waals surface area contributed by atoms with E-state index in [9.17, 15) is 18.0 Å². The molecule has 2 aromatic rings. The second-order valence-corrected chi connectivity index (χ2v) is 11.6. The number of anilines is 1. The summed E-state index contributed by atoms with van der Waals surface area (Å²) in [6.45, 7) is 5.48. The van der Waals surface area contributed by atoms with Crippen LogP contribution in [0.15, 0.2) is 48.5 Å². The van der Waals surface area contributed by atoms with E-state index in [2.05, 4.69) is 5.32 Å². The summed E-state index contributed by atoms with van der Waals surface area (Å²) in [7, 11) is -3.74. The Kier molecular flexibility index (Phi) is 9.54. The van der Waals surface area contributed by atoms with E-state index in [0.717, 1.165) is 52.9 Å². The number of carbonyl (C=O) groups excluding carboxylic acids is 2. The molecule has 1 aliphatic carbocycles. The number of hydrogen-bond acceptors (Lipinski definition) is 4. The molecule has 7 nitrogen and oxygen atoms in total. The van der Waals surface area contributed by atoms with Crippen LogP contribution in [0, 0.1) is 6.92 Å².